The molecule has 8 nitrogen and oxygen atoms in total. The number of fused-ring (bicyclic) bond motifs is 1. The molecule has 1 aromatic carbocycles. The monoisotopic (exact) mass is 510 g/mol. The Morgan fingerprint density at radius 3 is 2.79 bits per heavy atom. The van der Waals surface area contributed by atoms with E-state index in [1.807, 2.05) is 6.92 Å². The van der Waals surface area contributed by atoms with Crippen LogP contribution in [0.4, 0.5) is 15.9 Å². The van der Waals surface area contributed by atoms with Crippen molar-refractivity contribution in [3.8, 4) is 5.75 Å². The van der Waals surface area contributed by atoms with Gasteiger partial charge in [-0.3, -0.25) is 13.9 Å². The molecule has 1 aliphatic rings. The zero-order valence-electron chi connectivity index (χ0n) is 18.7. The first-order valence-corrected chi connectivity index (χ1v) is 11.3. The van der Waals surface area contributed by atoms with Crippen LogP contribution in [0, 0.1) is 5.82 Å². The summed E-state index contributed by atoms with van der Waals surface area (Å²) in [4.78, 5) is 27.6. The Balaban J connectivity index is 2.01. The van der Waals surface area contributed by atoms with Gasteiger partial charge in [0.1, 0.15) is 23.1 Å². The predicted octanol–water partition coefficient (Wildman–Crippen LogP) is 3.57. The molecule has 0 saturated heterocycles. The van der Waals surface area contributed by atoms with Gasteiger partial charge in [-0.25, -0.2) is 9.18 Å². The largest absolute Gasteiger partial charge is 0.452 e. The number of aliphatic hydroxyl groups excluding tert-OH is 1. The summed E-state index contributed by atoms with van der Waals surface area (Å²) in [7, 11) is 1.53. The van der Waals surface area contributed by atoms with E-state index in [0.717, 1.165) is 10.6 Å². The Kier molecular flexibility index (Phi) is 8.60. The maximum Gasteiger partial charge on any atom is 0.332 e. The SMILES string of the molecule is C\C=C/C(Cl)=C\C=C\CN1c2c(n(C)c(=O)n(CCCO)c2=O)NC1Oc1ccc(Cl)c(F)c1. The molecule has 2 N–H and O–H groups in total. The van der Waals surface area contributed by atoms with Crippen LogP contribution in [-0.4, -0.2) is 33.7 Å². The topological polar surface area (TPSA) is 88.7 Å². The Labute approximate surface area is 205 Å². The lowest BCUT2D eigenvalue weighted by Crippen LogP contribution is -2.44. The fraction of sp³-hybridized carbons (Fsp3) is 0.304. The minimum absolute atomic E-state index is 0.0474. The molecule has 2 heterocycles. The number of rotatable bonds is 9. The Morgan fingerprint density at radius 1 is 1.35 bits per heavy atom. The molecule has 11 heteroatoms. The van der Waals surface area contributed by atoms with Gasteiger partial charge in [-0.2, -0.15) is 0 Å². The first-order chi connectivity index (χ1) is 16.3. The van der Waals surface area contributed by atoms with Crippen LogP contribution < -0.4 is 26.2 Å². The normalized spacial score (nSPS) is 15.9. The number of benzene rings is 1. The number of hydrogen-bond donors (Lipinski definition) is 2. The highest BCUT2D eigenvalue weighted by atomic mass is 35.5. The zero-order valence-corrected chi connectivity index (χ0v) is 20.2. The smallest absolute Gasteiger partial charge is 0.332 e. The van der Waals surface area contributed by atoms with Crippen LogP contribution in [0.15, 0.2) is 63.2 Å². The average Bonchev–Trinajstić information content (AvgIpc) is 3.16. The predicted molar refractivity (Wildman–Crippen MR) is 132 cm³/mol. The van der Waals surface area contributed by atoms with Crippen molar-refractivity contribution in [3.05, 3.63) is 85.3 Å². The maximum atomic E-state index is 14.0. The van der Waals surface area contributed by atoms with Gasteiger partial charge in [0.05, 0.1) is 5.02 Å². The third-order valence-electron chi connectivity index (χ3n) is 5.05. The number of anilines is 2. The second kappa shape index (κ2) is 11.4. The van der Waals surface area contributed by atoms with Gasteiger partial charge in [0.2, 0.25) is 0 Å². The van der Waals surface area contributed by atoms with Crippen molar-refractivity contribution in [3.63, 3.8) is 0 Å². The van der Waals surface area contributed by atoms with Crippen LogP contribution >= 0.6 is 23.2 Å². The minimum Gasteiger partial charge on any atom is -0.452 e. The fourth-order valence-corrected chi connectivity index (χ4v) is 3.74. The molecule has 0 amide bonds. The van der Waals surface area contributed by atoms with E-state index in [1.54, 1.807) is 35.3 Å². The van der Waals surface area contributed by atoms with Gasteiger partial charge in [-0.1, -0.05) is 41.4 Å². The average molecular weight is 511 g/mol. The van der Waals surface area contributed by atoms with E-state index in [2.05, 4.69) is 5.32 Å². The third kappa shape index (κ3) is 5.55. The van der Waals surface area contributed by atoms with Crippen LogP contribution in [0.25, 0.3) is 0 Å². The van der Waals surface area contributed by atoms with E-state index in [9.17, 15) is 14.0 Å². The molecule has 0 fully saturated rings. The van der Waals surface area contributed by atoms with Gasteiger partial charge in [-0.05, 0) is 37.6 Å². The van der Waals surface area contributed by atoms with Gasteiger partial charge in [0.25, 0.3) is 11.9 Å². The Bertz CT molecular complexity index is 1250. The molecule has 0 saturated carbocycles. The van der Waals surface area contributed by atoms with Crippen molar-refractivity contribution < 1.29 is 14.2 Å². The molecule has 1 aliphatic heterocycles. The lowest BCUT2D eigenvalue weighted by Gasteiger charge is -2.25. The molecule has 0 radical (unpaired) electrons. The lowest BCUT2D eigenvalue weighted by atomic mass is 10.3. The number of hydrogen-bond acceptors (Lipinski definition) is 6. The third-order valence-corrected chi connectivity index (χ3v) is 5.61. The molecule has 0 aliphatic carbocycles. The number of allylic oxidation sites excluding steroid dienone is 5. The van der Waals surface area contributed by atoms with Crippen LogP contribution in [0.5, 0.6) is 5.75 Å². The van der Waals surface area contributed by atoms with Gasteiger partial charge >= 0.3 is 5.69 Å². The summed E-state index contributed by atoms with van der Waals surface area (Å²) < 4.78 is 22.2. The molecule has 2 aromatic rings. The Morgan fingerprint density at radius 2 is 2.12 bits per heavy atom. The van der Waals surface area contributed by atoms with E-state index in [4.69, 9.17) is 33.0 Å². The standard InChI is InChI=1S/C23H25Cl2FN4O4/c1-3-7-15(24)8-4-5-11-29-19-20(28(2)23(33)30(21(19)32)12-6-13-31)27-22(29)34-16-9-10-17(25)18(26)14-16/h3-5,7-10,14,22,27,31H,6,11-13H2,1-2H3/b5-4+,7-3-,15-8+. The van der Waals surface area contributed by atoms with Crippen molar-refractivity contribution in [2.45, 2.75) is 26.2 Å². The van der Waals surface area contributed by atoms with Crippen molar-refractivity contribution in [2.75, 3.05) is 23.4 Å². The fourth-order valence-electron chi connectivity index (χ4n) is 3.42. The number of halogens is 3. The second-order valence-electron chi connectivity index (χ2n) is 7.40. The number of nitrogens with one attached hydrogen (secondary N) is 1. The van der Waals surface area contributed by atoms with E-state index >= 15 is 0 Å². The first kappa shape index (κ1) is 25.6. The maximum absolute atomic E-state index is 14.0. The van der Waals surface area contributed by atoms with Crippen molar-refractivity contribution in [2.24, 2.45) is 7.05 Å². The molecule has 1 unspecified atom stereocenters. The molecule has 34 heavy (non-hydrogen) atoms. The molecule has 3 rings (SSSR count). The molecule has 1 atom stereocenters. The summed E-state index contributed by atoms with van der Waals surface area (Å²) in [6.07, 6.45) is 8.06. The molecule has 182 valence electrons. The number of aliphatic hydroxyl groups is 1. The van der Waals surface area contributed by atoms with E-state index in [1.165, 1.54) is 23.7 Å². The van der Waals surface area contributed by atoms with Crippen LogP contribution in [-0.2, 0) is 13.6 Å². The highest BCUT2D eigenvalue weighted by Gasteiger charge is 2.35. The van der Waals surface area contributed by atoms with Crippen molar-refractivity contribution in [1.29, 1.82) is 0 Å². The summed E-state index contributed by atoms with van der Waals surface area (Å²) in [5.74, 6) is -0.197. The van der Waals surface area contributed by atoms with E-state index in [-0.39, 0.29) is 48.4 Å². The molecular formula is C23H25Cl2FN4O4. The quantitative estimate of drug-likeness (QED) is 0.501. The highest BCUT2D eigenvalue weighted by molar-refractivity contribution is 6.31. The number of ether oxygens (including phenoxy) is 1. The zero-order chi connectivity index (χ0) is 24.8. The summed E-state index contributed by atoms with van der Waals surface area (Å²) in [5.41, 5.74) is -0.838. The summed E-state index contributed by atoms with van der Waals surface area (Å²) >= 11 is 11.8. The van der Waals surface area contributed by atoms with Crippen LogP contribution in [0.2, 0.25) is 5.02 Å². The van der Waals surface area contributed by atoms with Gasteiger partial charge in [0.15, 0.2) is 0 Å². The molecular weight excluding hydrogens is 486 g/mol. The number of nitrogens with zero attached hydrogens (tertiary/aromatic N) is 3. The second-order valence-corrected chi connectivity index (χ2v) is 8.24. The van der Waals surface area contributed by atoms with E-state index < -0.39 is 23.4 Å². The first-order valence-electron chi connectivity index (χ1n) is 10.5. The van der Waals surface area contributed by atoms with E-state index in [0.29, 0.717) is 5.03 Å². The molecule has 0 spiro atoms. The lowest BCUT2D eigenvalue weighted by molar-refractivity contribution is 0.231. The molecule has 1 aromatic heterocycles. The highest BCUT2D eigenvalue weighted by Crippen LogP contribution is 2.32. The summed E-state index contributed by atoms with van der Waals surface area (Å²) in [6, 6.07) is 4.01. The van der Waals surface area contributed by atoms with Crippen molar-refractivity contribution in [1.82, 2.24) is 9.13 Å². The van der Waals surface area contributed by atoms with Crippen molar-refractivity contribution >= 4 is 34.7 Å². The summed E-state index contributed by atoms with van der Waals surface area (Å²) in [5, 5.41) is 12.7. The Hall–Kier alpha value is -3.01. The minimum atomic E-state index is -0.915. The van der Waals surface area contributed by atoms with Crippen LogP contribution in [0.1, 0.15) is 13.3 Å². The van der Waals surface area contributed by atoms with Gasteiger partial charge < -0.3 is 20.1 Å². The summed E-state index contributed by atoms with van der Waals surface area (Å²) in [6.45, 7) is 1.96. The van der Waals surface area contributed by atoms with Gasteiger partial charge in [0, 0.05) is 37.8 Å². The number of aromatic nitrogens is 2. The van der Waals surface area contributed by atoms with Gasteiger partial charge in [-0.15, -0.1) is 0 Å². The molecule has 0 bridgehead atoms. The van der Waals surface area contributed by atoms with Crippen LogP contribution in [0.3, 0.4) is 0 Å².